The van der Waals surface area contributed by atoms with Crippen molar-refractivity contribution in [3.63, 3.8) is 0 Å². The van der Waals surface area contributed by atoms with Crippen LogP contribution in [0.15, 0.2) is 24.3 Å². The summed E-state index contributed by atoms with van der Waals surface area (Å²) in [5.41, 5.74) is -1.47. The SMILES string of the molecule is CC(C(=O)O)C(C)(O)c1cccc(OC(F)F)c1. The number of hydrogen-bond acceptors (Lipinski definition) is 3. The van der Waals surface area contributed by atoms with Crippen molar-refractivity contribution in [1.29, 1.82) is 0 Å². The molecule has 1 rings (SSSR count). The lowest BCUT2D eigenvalue weighted by atomic mass is 9.84. The summed E-state index contributed by atoms with van der Waals surface area (Å²) in [6.45, 7) is -0.321. The van der Waals surface area contributed by atoms with Crippen LogP contribution in [0, 0.1) is 5.92 Å². The highest BCUT2D eigenvalue weighted by atomic mass is 19.3. The molecule has 4 nitrogen and oxygen atoms in total. The van der Waals surface area contributed by atoms with Crippen molar-refractivity contribution in [3.05, 3.63) is 29.8 Å². The van der Waals surface area contributed by atoms with Gasteiger partial charge in [0.25, 0.3) is 0 Å². The Morgan fingerprint density at radius 2 is 2.06 bits per heavy atom. The number of aliphatic carboxylic acids is 1. The van der Waals surface area contributed by atoms with Crippen LogP contribution in [0.3, 0.4) is 0 Å². The maximum Gasteiger partial charge on any atom is 0.387 e. The molecule has 0 aliphatic rings. The molecule has 1 aromatic carbocycles. The highest BCUT2D eigenvalue weighted by Gasteiger charge is 2.35. The number of hydrogen-bond donors (Lipinski definition) is 2. The van der Waals surface area contributed by atoms with E-state index >= 15 is 0 Å². The van der Waals surface area contributed by atoms with Crippen molar-refractivity contribution in [2.24, 2.45) is 5.92 Å². The quantitative estimate of drug-likeness (QED) is 0.851. The Balaban J connectivity index is 3.05. The summed E-state index contributed by atoms with van der Waals surface area (Å²) < 4.78 is 28.3. The molecule has 0 saturated heterocycles. The normalized spacial score (nSPS) is 16.1. The number of carbonyl (C=O) groups is 1. The summed E-state index contributed by atoms with van der Waals surface area (Å²) in [5, 5.41) is 19.0. The molecule has 0 spiro atoms. The Hall–Kier alpha value is -1.69. The van der Waals surface area contributed by atoms with Gasteiger partial charge in [0.1, 0.15) is 5.75 Å². The largest absolute Gasteiger partial charge is 0.481 e. The van der Waals surface area contributed by atoms with Crippen LogP contribution in [0.1, 0.15) is 19.4 Å². The lowest BCUT2D eigenvalue weighted by Gasteiger charge is -2.28. The van der Waals surface area contributed by atoms with Crippen LogP contribution in [0.2, 0.25) is 0 Å². The fourth-order valence-electron chi connectivity index (χ4n) is 1.48. The van der Waals surface area contributed by atoms with Crippen molar-refractivity contribution >= 4 is 5.97 Å². The molecule has 0 aliphatic heterocycles. The first kappa shape index (κ1) is 14.4. The van der Waals surface area contributed by atoms with E-state index in [4.69, 9.17) is 5.11 Å². The number of carboxylic acids is 1. The van der Waals surface area contributed by atoms with Crippen LogP contribution in [0.25, 0.3) is 0 Å². The maximum absolute atomic E-state index is 12.1. The van der Waals surface area contributed by atoms with E-state index in [9.17, 15) is 18.7 Å². The third-order valence-corrected chi connectivity index (χ3v) is 2.86. The summed E-state index contributed by atoms with van der Waals surface area (Å²) in [6, 6.07) is 5.37. The highest BCUT2D eigenvalue weighted by molar-refractivity contribution is 5.71. The Labute approximate surface area is 103 Å². The third-order valence-electron chi connectivity index (χ3n) is 2.86. The van der Waals surface area contributed by atoms with Crippen LogP contribution in [0.4, 0.5) is 8.78 Å². The van der Waals surface area contributed by atoms with Gasteiger partial charge >= 0.3 is 12.6 Å². The minimum Gasteiger partial charge on any atom is -0.481 e. The summed E-state index contributed by atoms with van der Waals surface area (Å²) >= 11 is 0. The maximum atomic E-state index is 12.1. The van der Waals surface area contributed by atoms with E-state index in [0.717, 1.165) is 0 Å². The molecule has 0 amide bonds. The Bertz CT molecular complexity index is 432. The zero-order valence-electron chi connectivity index (χ0n) is 9.93. The molecule has 100 valence electrons. The fraction of sp³-hybridized carbons (Fsp3) is 0.417. The number of ether oxygens (including phenoxy) is 1. The third kappa shape index (κ3) is 3.16. The molecular formula is C12H14F2O4. The highest BCUT2D eigenvalue weighted by Crippen LogP contribution is 2.31. The molecule has 0 radical (unpaired) electrons. The summed E-state index contributed by atoms with van der Waals surface area (Å²) in [7, 11) is 0. The zero-order chi connectivity index (χ0) is 13.9. The smallest absolute Gasteiger partial charge is 0.387 e. The Morgan fingerprint density at radius 1 is 1.44 bits per heavy atom. The molecule has 2 atom stereocenters. The van der Waals surface area contributed by atoms with Crippen LogP contribution in [-0.2, 0) is 10.4 Å². The number of alkyl halides is 2. The van der Waals surface area contributed by atoms with Crippen LogP contribution in [0.5, 0.6) is 5.75 Å². The van der Waals surface area contributed by atoms with Gasteiger partial charge in [0.05, 0.1) is 11.5 Å². The van der Waals surface area contributed by atoms with Gasteiger partial charge in [-0.1, -0.05) is 12.1 Å². The van der Waals surface area contributed by atoms with Crippen LogP contribution >= 0.6 is 0 Å². The summed E-state index contributed by atoms with van der Waals surface area (Å²) in [5.74, 6) is -2.39. The van der Waals surface area contributed by atoms with E-state index in [2.05, 4.69) is 4.74 Å². The van der Waals surface area contributed by atoms with Crippen molar-refractivity contribution in [2.75, 3.05) is 0 Å². The van der Waals surface area contributed by atoms with E-state index in [1.165, 1.54) is 38.1 Å². The predicted molar refractivity (Wildman–Crippen MR) is 59.4 cm³/mol. The molecule has 2 N–H and O–H groups in total. The Morgan fingerprint density at radius 3 is 2.56 bits per heavy atom. The first-order chi connectivity index (χ1) is 8.25. The second kappa shape index (κ2) is 5.30. The van der Waals surface area contributed by atoms with Gasteiger partial charge < -0.3 is 14.9 Å². The number of halogens is 2. The molecule has 0 aromatic heterocycles. The monoisotopic (exact) mass is 260 g/mol. The first-order valence-corrected chi connectivity index (χ1v) is 5.25. The molecular weight excluding hydrogens is 246 g/mol. The summed E-state index contributed by atoms with van der Waals surface area (Å²) in [4.78, 5) is 10.9. The second-order valence-corrected chi connectivity index (χ2v) is 4.11. The molecule has 0 heterocycles. The average Bonchev–Trinajstić information content (AvgIpc) is 2.27. The van der Waals surface area contributed by atoms with Crippen LogP contribution in [-0.4, -0.2) is 22.8 Å². The molecule has 18 heavy (non-hydrogen) atoms. The molecule has 0 aliphatic carbocycles. The topological polar surface area (TPSA) is 66.8 Å². The molecule has 6 heteroatoms. The van der Waals surface area contributed by atoms with E-state index in [1.807, 2.05) is 0 Å². The van der Waals surface area contributed by atoms with E-state index < -0.39 is 24.1 Å². The molecule has 0 bridgehead atoms. The van der Waals surface area contributed by atoms with Gasteiger partial charge in [-0.25, -0.2) is 0 Å². The van der Waals surface area contributed by atoms with Gasteiger partial charge in [-0.15, -0.1) is 0 Å². The van der Waals surface area contributed by atoms with E-state index in [-0.39, 0.29) is 11.3 Å². The number of benzene rings is 1. The first-order valence-electron chi connectivity index (χ1n) is 5.25. The van der Waals surface area contributed by atoms with Gasteiger partial charge in [-0.2, -0.15) is 8.78 Å². The average molecular weight is 260 g/mol. The van der Waals surface area contributed by atoms with Gasteiger partial charge in [-0.05, 0) is 31.5 Å². The number of rotatable bonds is 5. The van der Waals surface area contributed by atoms with E-state index in [1.54, 1.807) is 0 Å². The Kier molecular flexibility index (Phi) is 4.24. The van der Waals surface area contributed by atoms with E-state index in [0.29, 0.717) is 0 Å². The zero-order valence-corrected chi connectivity index (χ0v) is 9.93. The van der Waals surface area contributed by atoms with Crippen molar-refractivity contribution in [3.8, 4) is 5.75 Å². The minimum absolute atomic E-state index is 0.125. The van der Waals surface area contributed by atoms with Crippen LogP contribution < -0.4 is 4.74 Å². The minimum atomic E-state index is -2.97. The number of aliphatic hydroxyl groups is 1. The second-order valence-electron chi connectivity index (χ2n) is 4.11. The lowest BCUT2D eigenvalue weighted by Crippen LogP contribution is -2.35. The molecule has 0 fully saturated rings. The fourth-order valence-corrected chi connectivity index (χ4v) is 1.48. The standard InChI is InChI=1S/C12H14F2O4/c1-7(10(15)16)12(2,17)8-4-3-5-9(6-8)18-11(13)14/h3-7,11,17H,1-2H3,(H,15,16). The van der Waals surface area contributed by atoms with Crippen molar-refractivity contribution < 1.29 is 28.5 Å². The molecule has 0 saturated carbocycles. The molecule has 1 aromatic rings. The lowest BCUT2D eigenvalue weighted by molar-refractivity contribution is -0.150. The van der Waals surface area contributed by atoms with Gasteiger partial charge in [0.15, 0.2) is 0 Å². The number of carboxylic acid groups (broad SMARTS) is 1. The van der Waals surface area contributed by atoms with Gasteiger partial charge in [0, 0.05) is 0 Å². The van der Waals surface area contributed by atoms with Gasteiger partial charge in [-0.3, -0.25) is 4.79 Å². The van der Waals surface area contributed by atoms with Crippen molar-refractivity contribution in [1.82, 2.24) is 0 Å². The van der Waals surface area contributed by atoms with Crippen molar-refractivity contribution in [2.45, 2.75) is 26.1 Å². The van der Waals surface area contributed by atoms with Gasteiger partial charge in [0.2, 0.25) is 0 Å². The molecule has 2 unspecified atom stereocenters. The predicted octanol–water partition coefficient (Wildman–Crippen LogP) is 2.22. The summed E-state index contributed by atoms with van der Waals surface area (Å²) in [6.07, 6.45) is 0.